The molecule has 0 aliphatic rings. The van der Waals surface area contributed by atoms with Gasteiger partial charge >= 0.3 is 15.5 Å². The van der Waals surface area contributed by atoms with Gasteiger partial charge in [0.2, 0.25) is 0 Å². The molecule has 0 saturated heterocycles. The lowest BCUT2D eigenvalue weighted by Gasteiger charge is -2.20. The molecule has 0 radical (unpaired) electrons. The Morgan fingerprint density at radius 2 is 1.25 bits per heavy atom. The van der Waals surface area contributed by atoms with Crippen LogP contribution >= 0.6 is 0 Å². The minimum Gasteiger partial charge on any atom is -0.333 e. The van der Waals surface area contributed by atoms with Crippen LogP contribution in [0.4, 0.5) is 30.7 Å². The summed E-state index contributed by atoms with van der Waals surface area (Å²) < 4.78 is 115. The van der Waals surface area contributed by atoms with Gasteiger partial charge in [-0.3, -0.25) is 0 Å². The third-order valence-corrected chi connectivity index (χ3v) is 4.46. The highest BCUT2D eigenvalue weighted by molar-refractivity contribution is 7.90. The summed E-state index contributed by atoms with van der Waals surface area (Å²) in [6.07, 6.45) is -0.688. The van der Waals surface area contributed by atoms with Crippen molar-refractivity contribution in [3.05, 3.63) is 70.8 Å². The van der Waals surface area contributed by atoms with Gasteiger partial charge in [-0.15, -0.1) is 0 Å². The molecule has 0 amide bonds. The van der Waals surface area contributed by atoms with E-state index in [9.17, 15) is 39.2 Å². The van der Waals surface area contributed by atoms with Crippen molar-refractivity contribution in [2.24, 2.45) is 5.73 Å². The van der Waals surface area contributed by atoms with E-state index < -0.39 is 56.8 Å². The van der Waals surface area contributed by atoms with E-state index in [0.29, 0.717) is 24.3 Å². The van der Waals surface area contributed by atoms with E-state index in [4.69, 9.17) is 0 Å². The van der Waals surface area contributed by atoms with E-state index >= 15 is 0 Å². The SMILES string of the molecule is CN.O=S(=O)(N[C@H](Cc1cc(F)cc(F)c1)c1cc(F)cc(F)c1)C(F)(F)F. The monoisotopic (exact) mass is 432 g/mol. The lowest BCUT2D eigenvalue weighted by atomic mass is 9.99. The van der Waals surface area contributed by atoms with E-state index in [2.05, 4.69) is 5.73 Å². The Balaban J connectivity index is 0.00000190. The summed E-state index contributed by atoms with van der Waals surface area (Å²) >= 11 is 0. The van der Waals surface area contributed by atoms with Crippen molar-refractivity contribution in [3.8, 4) is 0 Å². The normalized spacial score (nSPS) is 12.9. The van der Waals surface area contributed by atoms with Crippen LogP contribution in [0.1, 0.15) is 17.2 Å². The first kappa shape index (κ1) is 23.9. The van der Waals surface area contributed by atoms with Gasteiger partial charge in [0.25, 0.3) is 0 Å². The highest BCUT2D eigenvalue weighted by Gasteiger charge is 2.47. The van der Waals surface area contributed by atoms with E-state index in [1.54, 1.807) is 0 Å². The van der Waals surface area contributed by atoms with Crippen molar-refractivity contribution in [2.45, 2.75) is 18.0 Å². The molecule has 2 aromatic carbocycles. The number of alkyl halides is 3. The topological polar surface area (TPSA) is 72.2 Å². The minimum atomic E-state index is -5.89. The van der Waals surface area contributed by atoms with Crippen LogP contribution in [0, 0.1) is 23.3 Å². The van der Waals surface area contributed by atoms with Gasteiger partial charge in [0.15, 0.2) is 0 Å². The van der Waals surface area contributed by atoms with E-state index in [1.807, 2.05) is 0 Å². The molecule has 0 aliphatic heterocycles. The molecule has 156 valence electrons. The molecular formula is C16H15F7N2O2S. The quantitative estimate of drug-likeness (QED) is 0.710. The fourth-order valence-corrected chi connectivity index (χ4v) is 2.95. The summed E-state index contributed by atoms with van der Waals surface area (Å²) in [4.78, 5) is 0. The van der Waals surface area contributed by atoms with Crippen molar-refractivity contribution in [1.29, 1.82) is 0 Å². The van der Waals surface area contributed by atoms with Gasteiger partial charge in [-0.05, 0) is 48.9 Å². The highest BCUT2D eigenvalue weighted by atomic mass is 32.2. The maximum absolute atomic E-state index is 13.4. The Hall–Kier alpha value is -2.18. The predicted octanol–water partition coefficient (Wildman–Crippen LogP) is 3.54. The Kier molecular flexibility index (Phi) is 7.96. The zero-order chi connectivity index (χ0) is 21.7. The fraction of sp³-hybridized carbons (Fsp3) is 0.250. The number of halogens is 7. The van der Waals surface area contributed by atoms with Crippen molar-refractivity contribution in [2.75, 3.05) is 7.05 Å². The van der Waals surface area contributed by atoms with Crippen molar-refractivity contribution < 1.29 is 39.2 Å². The third kappa shape index (κ3) is 6.46. The molecule has 12 heteroatoms. The zero-order valence-corrected chi connectivity index (χ0v) is 15.0. The van der Waals surface area contributed by atoms with Crippen LogP contribution < -0.4 is 10.5 Å². The second-order valence-corrected chi connectivity index (χ2v) is 7.01. The number of rotatable bonds is 5. The van der Waals surface area contributed by atoms with Gasteiger partial charge in [-0.2, -0.15) is 17.9 Å². The summed E-state index contributed by atoms with van der Waals surface area (Å²) in [6.45, 7) is 0. The summed E-state index contributed by atoms with van der Waals surface area (Å²) in [6, 6.07) is 1.85. The first-order valence-electron chi connectivity index (χ1n) is 7.45. The average molecular weight is 432 g/mol. The Labute approximate surface area is 156 Å². The van der Waals surface area contributed by atoms with Crippen molar-refractivity contribution in [3.63, 3.8) is 0 Å². The maximum Gasteiger partial charge on any atom is 0.511 e. The molecule has 1 atom stereocenters. The zero-order valence-electron chi connectivity index (χ0n) is 14.2. The summed E-state index contributed by atoms with van der Waals surface area (Å²) in [5, 5.41) is 0. The van der Waals surface area contributed by atoms with Gasteiger partial charge in [-0.1, -0.05) is 0 Å². The van der Waals surface area contributed by atoms with E-state index in [1.165, 1.54) is 11.8 Å². The van der Waals surface area contributed by atoms with Crippen LogP contribution in [0.2, 0.25) is 0 Å². The molecule has 2 aromatic rings. The Bertz CT molecular complexity index is 877. The largest absolute Gasteiger partial charge is 0.511 e. The standard InChI is InChI=1S/C15H10F7NO2S.CH5N/c16-10-1-8(2-11(17)6-10)3-14(23-26(24,25)15(20,21)22)9-4-12(18)7-13(19)5-9;1-2/h1-2,4-7,14,23H,3H2;2H2,1H3/t14-;/m1./s1. The number of nitrogens with two attached hydrogens (primary N) is 1. The first-order valence-corrected chi connectivity index (χ1v) is 8.93. The van der Waals surface area contributed by atoms with Crippen LogP contribution in [0.5, 0.6) is 0 Å². The average Bonchev–Trinajstić information content (AvgIpc) is 2.53. The van der Waals surface area contributed by atoms with Crippen molar-refractivity contribution in [1.82, 2.24) is 4.72 Å². The molecule has 0 fully saturated rings. The molecule has 0 heterocycles. The van der Waals surface area contributed by atoms with Crippen LogP contribution in [0.25, 0.3) is 0 Å². The molecular weight excluding hydrogens is 417 g/mol. The van der Waals surface area contributed by atoms with E-state index in [-0.39, 0.29) is 5.56 Å². The molecule has 0 saturated carbocycles. The fourth-order valence-electron chi connectivity index (χ4n) is 2.22. The highest BCUT2D eigenvalue weighted by Crippen LogP contribution is 2.28. The lowest BCUT2D eigenvalue weighted by Crippen LogP contribution is -2.39. The summed E-state index contributed by atoms with van der Waals surface area (Å²) in [5.41, 5.74) is -1.90. The second-order valence-electron chi connectivity index (χ2n) is 5.30. The van der Waals surface area contributed by atoms with Crippen molar-refractivity contribution >= 4 is 10.0 Å². The van der Waals surface area contributed by atoms with Gasteiger partial charge < -0.3 is 5.73 Å². The number of hydrogen-bond donors (Lipinski definition) is 2. The summed E-state index contributed by atoms with van der Waals surface area (Å²) in [5.74, 6) is -4.44. The molecule has 0 aliphatic carbocycles. The number of benzene rings is 2. The third-order valence-electron chi connectivity index (χ3n) is 3.25. The molecule has 3 N–H and O–H groups in total. The van der Waals surface area contributed by atoms with Gasteiger partial charge in [0, 0.05) is 12.1 Å². The molecule has 0 spiro atoms. The molecule has 0 aromatic heterocycles. The van der Waals surface area contributed by atoms with Gasteiger partial charge in [-0.25, -0.2) is 26.0 Å². The smallest absolute Gasteiger partial charge is 0.333 e. The number of sulfonamides is 1. The predicted molar refractivity (Wildman–Crippen MR) is 87.4 cm³/mol. The Morgan fingerprint density at radius 3 is 1.64 bits per heavy atom. The lowest BCUT2D eigenvalue weighted by molar-refractivity contribution is -0.0451. The van der Waals surface area contributed by atoms with Crippen LogP contribution in [0.15, 0.2) is 36.4 Å². The minimum absolute atomic E-state index is 0.220. The van der Waals surface area contributed by atoms with Crippen LogP contribution in [-0.2, 0) is 16.4 Å². The first-order chi connectivity index (χ1) is 12.9. The van der Waals surface area contributed by atoms with Crippen LogP contribution in [0.3, 0.4) is 0 Å². The molecule has 0 bridgehead atoms. The van der Waals surface area contributed by atoms with E-state index in [0.717, 1.165) is 12.1 Å². The molecule has 28 heavy (non-hydrogen) atoms. The molecule has 2 rings (SSSR count). The molecule has 4 nitrogen and oxygen atoms in total. The summed E-state index contributed by atoms with van der Waals surface area (Å²) in [7, 11) is -4.39. The van der Waals surface area contributed by atoms with Gasteiger partial charge in [0.05, 0.1) is 6.04 Å². The Morgan fingerprint density at radius 1 is 0.857 bits per heavy atom. The maximum atomic E-state index is 13.4. The van der Waals surface area contributed by atoms with Gasteiger partial charge in [0.1, 0.15) is 23.3 Å². The molecule has 0 unspecified atom stereocenters. The number of hydrogen-bond acceptors (Lipinski definition) is 3. The second kappa shape index (κ2) is 9.34. The van der Waals surface area contributed by atoms with Crippen LogP contribution in [-0.4, -0.2) is 21.0 Å². The number of nitrogens with one attached hydrogen (secondary N) is 1.